The van der Waals surface area contributed by atoms with Crippen LogP contribution in [-0.4, -0.2) is 63.1 Å². The topological polar surface area (TPSA) is 77.0 Å². The number of aliphatic imine (C=N–C) groups is 1. The summed E-state index contributed by atoms with van der Waals surface area (Å²) in [5.41, 5.74) is 0. The SMILES string of the molecule is CCNC(=NCCCOC1CCOC1)NCCOc1cccnc1. The van der Waals surface area contributed by atoms with E-state index < -0.39 is 0 Å². The maximum atomic E-state index is 5.73. The van der Waals surface area contributed by atoms with Crippen molar-refractivity contribution < 1.29 is 14.2 Å². The summed E-state index contributed by atoms with van der Waals surface area (Å²) < 4.78 is 16.6. The fourth-order valence-electron chi connectivity index (χ4n) is 2.26. The molecule has 2 rings (SSSR count). The van der Waals surface area contributed by atoms with Gasteiger partial charge in [0.2, 0.25) is 0 Å². The minimum Gasteiger partial charge on any atom is -0.490 e. The van der Waals surface area contributed by atoms with Gasteiger partial charge in [0, 0.05) is 32.5 Å². The van der Waals surface area contributed by atoms with Crippen molar-refractivity contribution >= 4 is 5.96 Å². The zero-order valence-corrected chi connectivity index (χ0v) is 14.4. The van der Waals surface area contributed by atoms with E-state index in [-0.39, 0.29) is 6.10 Å². The van der Waals surface area contributed by atoms with E-state index >= 15 is 0 Å². The number of nitrogens with zero attached hydrogens (tertiary/aromatic N) is 2. The standard InChI is InChI=1S/C17H28N4O3/c1-2-19-17(20-8-4-10-23-16-6-11-22-14-16)21-9-12-24-15-5-3-7-18-13-15/h3,5,7,13,16H,2,4,6,8-12,14H2,1H3,(H2,19,20,21). The van der Waals surface area contributed by atoms with Crippen molar-refractivity contribution in [1.29, 1.82) is 0 Å². The number of pyridine rings is 1. The van der Waals surface area contributed by atoms with Crippen LogP contribution in [-0.2, 0) is 9.47 Å². The number of guanidine groups is 1. The second kappa shape index (κ2) is 11.6. The third-order valence-electron chi connectivity index (χ3n) is 3.46. The number of ether oxygens (including phenoxy) is 3. The number of nitrogens with one attached hydrogen (secondary N) is 2. The first kappa shape index (κ1) is 18.5. The Morgan fingerprint density at radius 3 is 3.12 bits per heavy atom. The van der Waals surface area contributed by atoms with Gasteiger partial charge in [0.1, 0.15) is 12.4 Å². The molecule has 1 aromatic heterocycles. The largest absolute Gasteiger partial charge is 0.490 e. The summed E-state index contributed by atoms with van der Waals surface area (Å²) in [4.78, 5) is 8.55. The summed E-state index contributed by atoms with van der Waals surface area (Å²) >= 11 is 0. The third-order valence-corrected chi connectivity index (χ3v) is 3.46. The Bertz CT molecular complexity index is 464. The summed E-state index contributed by atoms with van der Waals surface area (Å²) in [6.45, 7) is 7.10. The predicted octanol–water partition coefficient (Wildman–Crippen LogP) is 1.21. The van der Waals surface area contributed by atoms with Crippen molar-refractivity contribution in [2.45, 2.75) is 25.9 Å². The Morgan fingerprint density at radius 2 is 2.38 bits per heavy atom. The van der Waals surface area contributed by atoms with Gasteiger partial charge in [-0.25, -0.2) is 0 Å². The van der Waals surface area contributed by atoms with Crippen LogP contribution >= 0.6 is 0 Å². The van der Waals surface area contributed by atoms with Crippen LogP contribution in [0.3, 0.4) is 0 Å². The number of rotatable bonds is 10. The molecule has 2 N–H and O–H groups in total. The van der Waals surface area contributed by atoms with Gasteiger partial charge in [0.15, 0.2) is 5.96 Å². The fraction of sp³-hybridized carbons (Fsp3) is 0.647. The Hall–Kier alpha value is -1.86. The minimum atomic E-state index is 0.268. The Labute approximate surface area is 143 Å². The Balaban J connectivity index is 1.57. The van der Waals surface area contributed by atoms with Gasteiger partial charge in [-0.1, -0.05) is 0 Å². The van der Waals surface area contributed by atoms with E-state index in [1.165, 1.54) is 0 Å². The lowest BCUT2D eigenvalue weighted by Gasteiger charge is -2.12. The summed E-state index contributed by atoms with van der Waals surface area (Å²) in [7, 11) is 0. The van der Waals surface area contributed by atoms with Crippen LogP contribution in [0.2, 0.25) is 0 Å². The van der Waals surface area contributed by atoms with E-state index in [4.69, 9.17) is 14.2 Å². The van der Waals surface area contributed by atoms with Crippen LogP contribution in [0.25, 0.3) is 0 Å². The number of aromatic nitrogens is 1. The molecular formula is C17H28N4O3. The molecule has 1 saturated heterocycles. The van der Waals surface area contributed by atoms with Crippen molar-refractivity contribution in [2.24, 2.45) is 4.99 Å². The highest BCUT2D eigenvalue weighted by atomic mass is 16.5. The molecule has 0 saturated carbocycles. The molecule has 1 aliphatic rings. The van der Waals surface area contributed by atoms with E-state index in [1.807, 2.05) is 19.1 Å². The molecular weight excluding hydrogens is 308 g/mol. The summed E-state index contributed by atoms with van der Waals surface area (Å²) in [6, 6.07) is 3.75. The lowest BCUT2D eigenvalue weighted by molar-refractivity contribution is 0.0424. The van der Waals surface area contributed by atoms with Crippen molar-refractivity contribution in [2.75, 3.05) is 46.1 Å². The van der Waals surface area contributed by atoms with Gasteiger partial charge in [-0.2, -0.15) is 0 Å². The molecule has 0 amide bonds. The fourth-order valence-corrected chi connectivity index (χ4v) is 2.26. The maximum Gasteiger partial charge on any atom is 0.191 e. The van der Waals surface area contributed by atoms with Gasteiger partial charge in [-0.15, -0.1) is 0 Å². The van der Waals surface area contributed by atoms with Gasteiger partial charge in [-0.05, 0) is 31.9 Å². The molecule has 1 aliphatic heterocycles. The summed E-state index contributed by atoms with van der Waals surface area (Å²) in [6.07, 6.45) is 5.60. The van der Waals surface area contributed by atoms with Crippen LogP contribution in [0, 0.1) is 0 Å². The third kappa shape index (κ3) is 7.61. The highest BCUT2D eigenvalue weighted by Gasteiger charge is 2.15. The molecule has 0 bridgehead atoms. The van der Waals surface area contributed by atoms with Crippen molar-refractivity contribution in [3.8, 4) is 5.75 Å². The molecule has 0 aromatic carbocycles. The van der Waals surface area contributed by atoms with Crippen LogP contribution in [0.15, 0.2) is 29.5 Å². The highest BCUT2D eigenvalue weighted by molar-refractivity contribution is 5.79. The molecule has 0 aliphatic carbocycles. The quantitative estimate of drug-likeness (QED) is 0.380. The summed E-state index contributed by atoms with van der Waals surface area (Å²) in [5.74, 6) is 1.57. The smallest absolute Gasteiger partial charge is 0.191 e. The normalized spacial score (nSPS) is 17.7. The van der Waals surface area contributed by atoms with E-state index in [9.17, 15) is 0 Å². The zero-order chi connectivity index (χ0) is 16.9. The Kier molecular flexibility index (Phi) is 8.96. The van der Waals surface area contributed by atoms with Crippen molar-refractivity contribution in [3.05, 3.63) is 24.5 Å². The molecule has 24 heavy (non-hydrogen) atoms. The first-order valence-electron chi connectivity index (χ1n) is 8.63. The van der Waals surface area contributed by atoms with E-state index in [0.29, 0.717) is 13.2 Å². The van der Waals surface area contributed by atoms with Gasteiger partial charge in [0.05, 0.1) is 25.5 Å². The summed E-state index contributed by atoms with van der Waals surface area (Å²) in [5, 5.41) is 6.48. The monoisotopic (exact) mass is 336 g/mol. The van der Waals surface area contributed by atoms with Crippen LogP contribution in [0.5, 0.6) is 5.75 Å². The molecule has 1 aromatic rings. The Morgan fingerprint density at radius 1 is 1.42 bits per heavy atom. The van der Waals surface area contributed by atoms with Crippen molar-refractivity contribution in [1.82, 2.24) is 15.6 Å². The molecule has 7 nitrogen and oxygen atoms in total. The van der Waals surface area contributed by atoms with Gasteiger partial charge < -0.3 is 24.8 Å². The van der Waals surface area contributed by atoms with Gasteiger partial charge >= 0.3 is 0 Å². The second-order valence-corrected chi connectivity index (χ2v) is 5.43. The van der Waals surface area contributed by atoms with Crippen LogP contribution in [0.1, 0.15) is 19.8 Å². The maximum absolute atomic E-state index is 5.73. The average molecular weight is 336 g/mol. The van der Waals surface area contributed by atoms with Crippen LogP contribution in [0.4, 0.5) is 0 Å². The zero-order valence-electron chi connectivity index (χ0n) is 14.4. The lowest BCUT2D eigenvalue weighted by Crippen LogP contribution is -2.39. The molecule has 1 fully saturated rings. The van der Waals surface area contributed by atoms with Crippen LogP contribution < -0.4 is 15.4 Å². The molecule has 0 radical (unpaired) electrons. The average Bonchev–Trinajstić information content (AvgIpc) is 3.12. The van der Waals surface area contributed by atoms with Gasteiger partial charge in [0.25, 0.3) is 0 Å². The molecule has 7 heteroatoms. The molecule has 1 unspecified atom stereocenters. The molecule has 0 spiro atoms. The van der Waals surface area contributed by atoms with E-state index in [1.54, 1.807) is 12.4 Å². The second-order valence-electron chi connectivity index (χ2n) is 5.43. The van der Waals surface area contributed by atoms with E-state index in [0.717, 1.165) is 57.5 Å². The molecule has 134 valence electrons. The first-order chi connectivity index (χ1) is 11.9. The van der Waals surface area contributed by atoms with Crippen molar-refractivity contribution in [3.63, 3.8) is 0 Å². The first-order valence-corrected chi connectivity index (χ1v) is 8.63. The lowest BCUT2D eigenvalue weighted by atomic mass is 10.3. The number of hydrogen-bond donors (Lipinski definition) is 2. The van der Waals surface area contributed by atoms with Gasteiger partial charge in [-0.3, -0.25) is 9.98 Å². The molecule has 2 heterocycles. The predicted molar refractivity (Wildman–Crippen MR) is 93.5 cm³/mol. The minimum absolute atomic E-state index is 0.268. The molecule has 1 atom stereocenters. The van der Waals surface area contributed by atoms with E-state index in [2.05, 4.69) is 20.6 Å². The highest BCUT2D eigenvalue weighted by Crippen LogP contribution is 2.08. The number of hydrogen-bond acceptors (Lipinski definition) is 5.